The van der Waals surface area contributed by atoms with Gasteiger partial charge in [-0.05, 0) is 39.7 Å². The number of allylic oxidation sites excluding steroid dienone is 1. The highest BCUT2D eigenvalue weighted by molar-refractivity contribution is 5.66. The summed E-state index contributed by atoms with van der Waals surface area (Å²) in [6, 6.07) is 6.68. The fraction of sp³-hybridized carbons (Fsp3) is 0.529. The van der Waals surface area contributed by atoms with Crippen LogP contribution < -0.4 is 9.69 Å². The van der Waals surface area contributed by atoms with Crippen molar-refractivity contribution in [3.8, 4) is 0 Å². The average molecular weight is 289 g/mol. The molecule has 1 fully saturated rings. The highest BCUT2D eigenvalue weighted by Crippen LogP contribution is 2.38. The summed E-state index contributed by atoms with van der Waals surface area (Å²) in [5.41, 5.74) is 1.47. The van der Waals surface area contributed by atoms with E-state index in [0.29, 0.717) is 12.6 Å². The van der Waals surface area contributed by atoms with Gasteiger partial charge in [0.05, 0.1) is 0 Å². The lowest BCUT2D eigenvalue weighted by Crippen LogP contribution is -2.48. The highest BCUT2D eigenvalue weighted by atomic mass is 16.5. The molecule has 1 aliphatic heterocycles. The van der Waals surface area contributed by atoms with Crippen LogP contribution in [0, 0.1) is 0 Å². The van der Waals surface area contributed by atoms with Crippen LogP contribution in [0.3, 0.4) is 0 Å². The van der Waals surface area contributed by atoms with E-state index in [2.05, 4.69) is 55.0 Å². The van der Waals surface area contributed by atoms with Crippen LogP contribution in [0.5, 0.6) is 0 Å². The van der Waals surface area contributed by atoms with E-state index in [1.165, 1.54) is 12.5 Å². The fourth-order valence-corrected chi connectivity index (χ4v) is 2.78. The van der Waals surface area contributed by atoms with Gasteiger partial charge in [0.2, 0.25) is 0 Å². The van der Waals surface area contributed by atoms with E-state index in [-0.39, 0.29) is 11.5 Å². The maximum Gasteiger partial charge on any atom is 0.302 e. The van der Waals surface area contributed by atoms with Crippen molar-refractivity contribution in [2.45, 2.75) is 52.1 Å². The number of pyridine rings is 1. The predicted octanol–water partition coefficient (Wildman–Crippen LogP) is 2.36. The lowest BCUT2D eigenvalue weighted by Gasteiger charge is -2.02. The van der Waals surface area contributed by atoms with Crippen molar-refractivity contribution < 1.29 is 14.2 Å². The van der Waals surface area contributed by atoms with Gasteiger partial charge >= 0.3 is 5.97 Å². The molecule has 1 unspecified atom stereocenters. The molecule has 4 heteroatoms. The molecule has 0 radical (unpaired) electrons. The van der Waals surface area contributed by atoms with Crippen LogP contribution in [0.1, 0.15) is 40.5 Å². The molecular formula is C17H25N2O2+. The Morgan fingerprint density at radius 1 is 1.29 bits per heavy atom. The molecule has 0 aromatic carbocycles. The number of carbonyl (C=O) groups is 1. The van der Waals surface area contributed by atoms with Crippen LogP contribution in [0.25, 0.3) is 0 Å². The molecule has 0 amide bonds. The van der Waals surface area contributed by atoms with Gasteiger partial charge in [-0.25, -0.2) is 0 Å². The topological polar surface area (TPSA) is 33.2 Å². The first-order valence-corrected chi connectivity index (χ1v) is 7.48. The van der Waals surface area contributed by atoms with Crippen molar-refractivity contribution in [3.05, 3.63) is 42.2 Å². The van der Waals surface area contributed by atoms with E-state index >= 15 is 0 Å². The maximum atomic E-state index is 10.7. The van der Waals surface area contributed by atoms with Gasteiger partial charge in [0.15, 0.2) is 12.4 Å². The smallest absolute Gasteiger partial charge is 0.302 e. The summed E-state index contributed by atoms with van der Waals surface area (Å²) in [7, 11) is 0. The van der Waals surface area contributed by atoms with E-state index in [4.69, 9.17) is 4.74 Å². The van der Waals surface area contributed by atoms with E-state index in [1.807, 2.05) is 12.1 Å². The number of esters is 1. The first-order chi connectivity index (χ1) is 9.93. The Hall–Kier alpha value is -1.84. The molecular weight excluding hydrogens is 264 g/mol. The molecule has 0 N–H and O–H groups in total. The number of carbonyl (C=O) groups excluding carboxylic acids is 1. The summed E-state index contributed by atoms with van der Waals surface area (Å²) in [6.07, 6.45) is 8.31. The molecule has 2 heterocycles. The van der Waals surface area contributed by atoms with Gasteiger partial charge in [0, 0.05) is 19.1 Å². The minimum Gasteiger partial charge on any atom is -0.462 e. The van der Waals surface area contributed by atoms with E-state index in [1.54, 1.807) is 0 Å². The lowest BCUT2D eigenvalue weighted by atomic mass is 10.0. The van der Waals surface area contributed by atoms with Crippen molar-refractivity contribution in [2.24, 2.45) is 0 Å². The molecule has 0 saturated carbocycles. The molecule has 1 saturated heterocycles. The van der Waals surface area contributed by atoms with Crippen LogP contribution in [0.2, 0.25) is 0 Å². The SMILES string of the molecule is CC(=O)OC/C=C(\C)CCC1N([n+]2ccccc2)C1(C)C. The minimum absolute atomic E-state index is 0.197. The van der Waals surface area contributed by atoms with Gasteiger partial charge in [-0.3, -0.25) is 4.79 Å². The lowest BCUT2D eigenvalue weighted by molar-refractivity contribution is -0.680. The van der Waals surface area contributed by atoms with Crippen molar-refractivity contribution in [1.82, 2.24) is 0 Å². The normalized spacial score (nSPS) is 20.3. The monoisotopic (exact) mass is 289 g/mol. The van der Waals surface area contributed by atoms with Gasteiger partial charge in [0.1, 0.15) is 18.2 Å². The highest BCUT2D eigenvalue weighted by Gasteiger charge is 2.61. The van der Waals surface area contributed by atoms with Crippen molar-refractivity contribution in [3.63, 3.8) is 0 Å². The predicted molar refractivity (Wildman–Crippen MR) is 82.3 cm³/mol. The summed E-state index contributed by atoms with van der Waals surface area (Å²) in [6.45, 7) is 8.46. The summed E-state index contributed by atoms with van der Waals surface area (Å²) < 4.78 is 7.11. The second-order valence-corrected chi connectivity index (χ2v) is 6.16. The summed E-state index contributed by atoms with van der Waals surface area (Å²) in [5, 5.41) is 2.40. The molecule has 114 valence electrons. The molecule has 0 aliphatic carbocycles. The first-order valence-electron chi connectivity index (χ1n) is 7.48. The molecule has 1 aromatic heterocycles. The van der Waals surface area contributed by atoms with E-state index in [0.717, 1.165) is 12.8 Å². The Labute approximate surface area is 127 Å². The van der Waals surface area contributed by atoms with Crippen molar-refractivity contribution in [2.75, 3.05) is 11.6 Å². The van der Waals surface area contributed by atoms with E-state index in [9.17, 15) is 4.79 Å². The molecule has 4 nitrogen and oxygen atoms in total. The quantitative estimate of drug-likeness (QED) is 0.349. The number of hydrogen-bond acceptors (Lipinski definition) is 3. The van der Waals surface area contributed by atoms with Crippen LogP contribution in [-0.4, -0.2) is 24.2 Å². The van der Waals surface area contributed by atoms with Crippen LogP contribution in [0.4, 0.5) is 0 Å². The number of rotatable bonds is 6. The Morgan fingerprint density at radius 3 is 2.57 bits per heavy atom. The molecule has 1 aromatic rings. The second kappa shape index (κ2) is 6.29. The van der Waals surface area contributed by atoms with Gasteiger partial charge < -0.3 is 4.74 Å². The molecule has 0 bridgehead atoms. The fourth-order valence-electron chi connectivity index (χ4n) is 2.78. The van der Waals surface area contributed by atoms with E-state index < -0.39 is 0 Å². The van der Waals surface area contributed by atoms with Gasteiger partial charge in [-0.2, -0.15) is 5.01 Å². The Kier molecular flexibility index (Phi) is 4.66. The standard InChI is InChI=1S/C17H25N2O2/c1-14(10-13-21-15(2)20)8-9-16-17(3,4)19(16)18-11-6-5-7-12-18/h5-7,10-12,16H,8-9,13H2,1-4H3/q+1/b14-10+. The third-order valence-electron chi connectivity index (χ3n) is 4.11. The molecule has 1 atom stereocenters. The zero-order chi connectivity index (χ0) is 15.5. The molecule has 21 heavy (non-hydrogen) atoms. The summed E-state index contributed by atoms with van der Waals surface area (Å²) in [4.78, 5) is 10.7. The van der Waals surface area contributed by atoms with Crippen molar-refractivity contribution in [1.29, 1.82) is 0 Å². The van der Waals surface area contributed by atoms with Crippen LogP contribution in [-0.2, 0) is 9.53 Å². The van der Waals surface area contributed by atoms with Gasteiger partial charge in [-0.1, -0.05) is 16.3 Å². The van der Waals surface area contributed by atoms with Gasteiger partial charge in [0.25, 0.3) is 0 Å². The number of nitrogens with zero attached hydrogens (tertiary/aromatic N) is 2. The van der Waals surface area contributed by atoms with Crippen LogP contribution in [0.15, 0.2) is 42.2 Å². The number of ether oxygens (including phenoxy) is 1. The zero-order valence-electron chi connectivity index (χ0n) is 13.4. The van der Waals surface area contributed by atoms with Crippen LogP contribution >= 0.6 is 0 Å². The third kappa shape index (κ3) is 3.84. The second-order valence-electron chi connectivity index (χ2n) is 6.16. The molecule has 1 aliphatic rings. The third-order valence-corrected chi connectivity index (χ3v) is 4.11. The van der Waals surface area contributed by atoms with Crippen molar-refractivity contribution >= 4 is 5.97 Å². The van der Waals surface area contributed by atoms with Gasteiger partial charge in [-0.15, -0.1) is 0 Å². The first kappa shape index (κ1) is 15.5. The Bertz CT molecular complexity index is 523. The Balaban J connectivity index is 1.85. The number of hydrogen-bond donors (Lipinski definition) is 0. The zero-order valence-corrected chi connectivity index (χ0v) is 13.4. The molecule has 0 spiro atoms. The average Bonchev–Trinajstić information content (AvgIpc) is 2.98. The maximum absolute atomic E-state index is 10.7. The number of aromatic nitrogens is 1. The largest absolute Gasteiger partial charge is 0.462 e. The summed E-state index contributed by atoms with van der Waals surface area (Å²) in [5.74, 6) is -0.228. The minimum atomic E-state index is -0.228. The Morgan fingerprint density at radius 2 is 1.95 bits per heavy atom. The summed E-state index contributed by atoms with van der Waals surface area (Å²) >= 11 is 0. The molecule has 2 rings (SSSR count).